The van der Waals surface area contributed by atoms with Crippen molar-refractivity contribution in [1.82, 2.24) is 10.3 Å². The van der Waals surface area contributed by atoms with Gasteiger partial charge >= 0.3 is 6.18 Å². The predicted molar refractivity (Wildman–Crippen MR) is 114 cm³/mol. The fourth-order valence-corrected chi connectivity index (χ4v) is 4.85. The molecule has 9 heteroatoms. The molecule has 3 atom stereocenters. The molecule has 5 rings (SSSR count). The zero-order valence-electron chi connectivity index (χ0n) is 17.5. The van der Waals surface area contributed by atoms with Gasteiger partial charge in [0.25, 0.3) is 0 Å². The van der Waals surface area contributed by atoms with Crippen molar-refractivity contribution in [1.29, 1.82) is 0 Å². The summed E-state index contributed by atoms with van der Waals surface area (Å²) in [4.78, 5) is 20.4. The zero-order valence-corrected chi connectivity index (χ0v) is 17.5. The number of nitrogens with zero attached hydrogens (tertiary/aromatic N) is 3. The number of ether oxygens (including phenoxy) is 1. The average molecular weight is 446 g/mol. The van der Waals surface area contributed by atoms with Crippen LogP contribution in [0.4, 0.5) is 24.5 Å². The first kappa shape index (κ1) is 21.1. The molecule has 1 N–H and O–H groups in total. The predicted octanol–water partition coefficient (Wildman–Crippen LogP) is 3.02. The lowest BCUT2D eigenvalue weighted by Crippen LogP contribution is -2.38. The van der Waals surface area contributed by atoms with Crippen LogP contribution in [0.5, 0.6) is 0 Å². The van der Waals surface area contributed by atoms with Gasteiger partial charge in [0.1, 0.15) is 0 Å². The molecule has 4 heterocycles. The van der Waals surface area contributed by atoms with Crippen LogP contribution >= 0.6 is 0 Å². The number of hydrogen-bond donors (Lipinski definition) is 1. The lowest BCUT2D eigenvalue weighted by molar-refractivity contribution is -0.137. The number of fused-ring (bicyclic) bond motifs is 2. The van der Waals surface area contributed by atoms with Gasteiger partial charge in [-0.15, -0.1) is 0 Å². The Bertz CT molecular complexity index is 982. The molecule has 3 aliphatic rings. The second-order valence-electron chi connectivity index (χ2n) is 8.77. The van der Waals surface area contributed by atoms with E-state index in [0.717, 1.165) is 43.1 Å². The fraction of sp³-hybridized carbons (Fsp3) is 0.478. The van der Waals surface area contributed by atoms with E-state index >= 15 is 0 Å². The first-order valence-corrected chi connectivity index (χ1v) is 10.9. The normalized spacial score (nSPS) is 24.9. The number of rotatable bonds is 5. The molecule has 0 radical (unpaired) electrons. The van der Waals surface area contributed by atoms with Crippen LogP contribution in [0.3, 0.4) is 0 Å². The number of carbonyl (C=O) groups excluding carboxylic acids is 1. The molecule has 3 saturated heterocycles. The van der Waals surface area contributed by atoms with Crippen LogP contribution in [0.15, 0.2) is 42.7 Å². The monoisotopic (exact) mass is 446 g/mol. The minimum atomic E-state index is -4.42. The largest absolute Gasteiger partial charge is 0.417 e. The summed E-state index contributed by atoms with van der Waals surface area (Å²) in [5.41, 5.74) is 1.75. The molecule has 1 aromatic heterocycles. The van der Waals surface area contributed by atoms with E-state index < -0.39 is 11.7 Å². The Balaban J connectivity index is 1.14. The highest BCUT2D eigenvalue weighted by Crippen LogP contribution is 2.33. The Morgan fingerprint density at radius 3 is 2.66 bits per heavy atom. The minimum absolute atomic E-state index is 0.0830. The van der Waals surface area contributed by atoms with Crippen LogP contribution in [-0.2, 0) is 22.1 Å². The molecule has 6 nitrogen and oxygen atoms in total. The molecule has 2 bridgehead atoms. The SMILES string of the molecule is O=C(Cc1ccc(N2C[C@@H]3C[C@H]2CO3)cc1)N[C@@H]1CCN(c2cncc(C(F)(F)F)c2)C1. The van der Waals surface area contributed by atoms with Crippen molar-refractivity contribution in [2.24, 2.45) is 0 Å². The minimum Gasteiger partial charge on any atom is -0.374 e. The second kappa shape index (κ2) is 8.27. The Labute approximate surface area is 184 Å². The molecule has 0 saturated carbocycles. The van der Waals surface area contributed by atoms with Gasteiger partial charge in [-0.05, 0) is 36.6 Å². The molecule has 2 aromatic rings. The maximum atomic E-state index is 12.9. The average Bonchev–Trinajstić information content (AvgIpc) is 3.51. The van der Waals surface area contributed by atoms with E-state index in [1.807, 2.05) is 17.0 Å². The number of hydrogen-bond acceptors (Lipinski definition) is 5. The van der Waals surface area contributed by atoms with Crippen molar-refractivity contribution in [2.75, 3.05) is 36.0 Å². The van der Waals surface area contributed by atoms with Gasteiger partial charge in [0.15, 0.2) is 0 Å². The topological polar surface area (TPSA) is 57.7 Å². The standard InChI is InChI=1S/C23H25F3N4O2/c24-23(25,26)16-8-19(11-27-10-16)29-6-5-17(12-29)28-22(31)7-15-1-3-18(4-2-15)30-13-21-9-20(30)14-32-21/h1-4,8,10-11,17,20-21H,5-7,9,12-14H2,(H,28,31)/t17-,20+,21+/m1/s1. The first-order chi connectivity index (χ1) is 15.3. The van der Waals surface area contributed by atoms with Gasteiger partial charge in [-0.3, -0.25) is 9.78 Å². The molecule has 1 amide bonds. The number of morpholine rings is 1. The van der Waals surface area contributed by atoms with Gasteiger partial charge in [0.2, 0.25) is 5.91 Å². The summed E-state index contributed by atoms with van der Waals surface area (Å²) < 4.78 is 44.5. The summed E-state index contributed by atoms with van der Waals surface area (Å²) in [5, 5.41) is 3.01. The van der Waals surface area contributed by atoms with Crippen molar-refractivity contribution in [2.45, 2.75) is 43.6 Å². The van der Waals surface area contributed by atoms with E-state index in [2.05, 4.69) is 27.3 Å². The Kier molecular flexibility index (Phi) is 5.44. The number of nitrogens with one attached hydrogen (secondary N) is 1. The van der Waals surface area contributed by atoms with Gasteiger partial charge in [-0.25, -0.2) is 0 Å². The highest BCUT2D eigenvalue weighted by molar-refractivity contribution is 5.79. The number of alkyl halides is 3. The molecule has 32 heavy (non-hydrogen) atoms. The zero-order chi connectivity index (χ0) is 22.3. The quantitative estimate of drug-likeness (QED) is 0.765. The van der Waals surface area contributed by atoms with E-state index in [1.54, 1.807) is 0 Å². The number of pyridine rings is 1. The number of benzene rings is 1. The Morgan fingerprint density at radius 2 is 1.97 bits per heavy atom. The van der Waals surface area contributed by atoms with Crippen LogP contribution in [-0.4, -0.2) is 55.3 Å². The molecule has 170 valence electrons. The van der Waals surface area contributed by atoms with Crippen LogP contribution in [0, 0.1) is 0 Å². The van der Waals surface area contributed by atoms with E-state index in [0.29, 0.717) is 37.3 Å². The fourth-order valence-electron chi connectivity index (χ4n) is 4.85. The van der Waals surface area contributed by atoms with Crippen LogP contribution in [0.1, 0.15) is 24.0 Å². The lowest BCUT2D eigenvalue weighted by Gasteiger charge is -2.29. The van der Waals surface area contributed by atoms with Crippen molar-refractivity contribution < 1.29 is 22.7 Å². The van der Waals surface area contributed by atoms with E-state index in [1.165, 1.54) is 6.20 Å². The van der Waals surface area contributed by atoms with Crippen molar-refractivity contribution >= 4 is 17.3 Å². The third-order valence-corrected chi connectivity index (χ3v) is 6.50. The van der Waals surface area contributed by atoms with Crippen molar-refractivity contribution in [3.63, 3.8) is 0 Å². The van der Waals surface area contributed by atoms with Gasteiger partial charge in [-0.2, -0.15) is 13.2 Å². The summed E-state index contributed by atoms with van der Waals surface area (Å²) in [6, 6.07) is 9.54. The summed E-state index contributed by atoms with van der Waals surface area (Å²) in [7, 11) is 0. The van der Waals surface area contributed by atoms with Gasteiger partial charge in [0.05, 0.1) is 42.6 Å². The summed E-state index contributed by atoms with van der Waals surface area (Å²) in [6.07, 6.45) is 0.207. The summed E-state index contributed by atoms with van der Waals surface area (Å²) >= 11 is 0. The highest BCUT2D eigenvalue weighted by atomic mass is 19.4. The third-order valence-electron chi connectivity index (χ3n) is 6.50. The van der Waals surface area contributed by atoms with Crippen LogP contribution in [0.25, 0.3) is 0 Å². The van der Waals surface area contributed by atoms with Gasteiger partial charge in [0, 0.05) is 37.6 Å². The molecule has 3 fully saturated rings. The van der Waals surface area contributed by atoms with Crippen LogP contribution in [0.2, 0.25) is 0 Å². The van der Waals surface area contributed by atoms with E-state index in [4.69, 9.17) is 4.74 Å². The molecule has 0 unspecified atom stereocenters. The number of aromatic nitrogens is 1. The smallest absolute Gasteiger partial charge is 0.374 e. The molecule has 0 spiro atoms. The lowest BCUT2D eigenvalue weighted by atomic mass is 10.1. The summed E-state index contributed by atoms with van der Waals surface area (Å²) in [6.45, 7) is 2.74. The highest BCUT2D eigenvalue weighted by Gasteiger charge is 2.39. The molecular formula is C23H25F3N4O2. The maximum Gasteiger partial charge on any atom is 0.417 e. The van der Waals surface area contributed by atoms with Gasteiger partial charge in [-0.1, -0.05) is 12.1 Å². The number of halogens is 3. The molecular weight excluding hydrogens is 421 g/mol. The number of carbonyl (C=O) groups is 1. The van der Waals surface area contributed by atoms with E-state index in [9.17, 15) is 18.0 Å². The van der Waals surface area contributed by atoms with E-state index in [-0.39, 0.29) is 18.4 Å². The molecule has 0 aliphatic carbocycles. The van der Waals surface area contributed by atoms with Crippen molar-refractivity contribution in [3.05, 3.63) is 53.9 Å². The first-order valence-electron chi connectivity index (χ1n) is 10.9. The molecule has 1 aromatic carbocycles. The summed E-state index contributed by atoms with van der Waals surface area (Å²) in [5.74, 6) is -0.0830. The number of anilines is 2. The van der Waals surface area contributed by atoms with Crippen LogP contribution < -0.4 is 15.1 Å². The molecule has 3 aliphatic heterocycles. The van der Waals surface area contributed by atoms with Crippen molar-refractivity contribution in [3.8, 4) is 0 Å². The third kappa shape index (κ3) is 4.39. The Morgan fingerprint density at radius 1 is 1.16 bits per heavy atom. The maximum absolute atomic E-state index is 12.9. The second-order valence-corrected chi connectivity index (χ2v) is 8.77. The van der Waals surface area contributed by atoms with Gasteiger partial charge < -0.3 is 19.9 Å². The Hall–Kier alpha value is -2.81. The number of amides is 1.